The quantitative estimate of drug-likeness (QED) is 0.563. The fourth-order valence-corrected chi connectivity index (χ4v) is 5.11. The first-order valence-electron chi connectivity index (χ1n) is 12.5. The summed E-state index contributed by atoms with van der Waals surface area (Å²) in [4.78, 5) is 15.8. The number of nitrogens with zero attached hydrogens (tertiary/aromatic N) is 1. The Morgan fingerprint density at radius 1 is 1.18 bits per heavy atom. The first-order valence-corrected chi connectivity index (χ1v) is 12.5. The predicted octanol–water partition coefficient (Wildman–Crippen LogP) is 4.69. The van der Waals surface area contributed by atoms with E-state index in [0.717, 1.165) is 54.2 Å². The normalized spacial score (nSPS) is 21.8. The highest BCUT2D eigenvalue weighted by molar-refractivity contribution is 5.86. The molecule has 1 amide bonds. The third kappa shape index (κ3) is 5.96. The predicted molar refractivity (Wildman–Crippen MR) is 133 cm³/mol. The Labute approximate surface area is 198 Å². The molecule has 0 aromatic heterocycles. The van der Waals surface area contributed by atoms with E-state index in [1.807, 2.05) is 18.2 Å². The molecule has 0 unspecified atom stereocenters. The lowest BCUT2D eigenvalue weighted by atomic mass is 9.89. The summed E-state index contributed by atoms with van der Waals surface area (Å²) in [5.41, 5.74) is 2.49. The van der Waals surface area contributed by atoms with Gasteiger partial charge in [-0.1, -0.05) is 49.4 Å². The highest BCUT2D eigenvalue weighted by Crippen LogP contribution is 2.33. The van der Waals surface area contributed by atoms with Gasteiger partial charge in [-0.15, -0.1) is 0 Å². The number of hydrogen-bond acceptors (Lipinski definition) is 4. The number of benzene rings is 2. The lowest BCUT2D eigenvalue weighted by Crippen LogP contribution is -2.48. The van der Waals surface area contributed by atoms with E-state index < -0.39 is 5.60 Å². The Morgan fingerprint density at radius 2 is 2.00 bits per heavy atom. The van der Waals surface area contributed by atoms with Gasteiger partial charge in [0.25, 0.3) is 5.91 Å². The van der Waals surface area contributed by atoms with E-state index in [4.69, 9.17) is 9.47 Å². The lowest BCUT2D eigenvalue weighted by Gasteiger charge is -2.30. The van der Waals surface area contributed by atoms with Crippen LogP contribution in [0, 0.1) is 5.92 Å². The van der Waals surface area contributed by atoms with E-state index in [9.17, 15) is 4.79 Å². The minimum Gasteiger partial charge on any atom is -0.496 e. The van der Waals surface area contributed by atoms with E-state index in [-0.39, 0.29) is 5.91 Å². The first kappa shape index (κ1) is 23.8. The molecular formula is C28H38N2O3. The molecule has 1 atom stereocenters. The summed E-state index contributed by atoms with van der Waals surface area (Å²) in [5, 5.41) is 3.19. The zero-order chi connectivity index (χ0) is 23.1. The van der Waals surface area contributed by atoms with Gasteiger partial charge in [-0.3, -0.25) is 4.79 Å². The maximum absolute atomic E-state index is 13.3. The van der Waals surface area contributed by atoms with E-state index in [1.165, 1.54) is 25.9 Å². The van der Waals surface area contributed by atoms with Crippen molar-refractivity contribution in [3.8, 4) is 16.9 Å². The molecule has 5 heteroatoms. The molecule has 4 rings (SSSR count). The van der Waals surface area contributed by atoms with E-state index >= 15 is 0 Å². The van der Waals surface area contributed by atoms with Crippen LogP contribution in [0.25, 0.3) is 11.1 Å². The van der Waals surface area contributed by atoms with Gasteiger partial charge >= 0.3 is 0 Å². The smallest absolute Gasteiger partial charge is 0.252 e. The SMILES string of the molecule is COc1ccccc1-c1cccc(C[C@@]2(C(=O)NCCCN3CCC(C)CC3)CCCO2)c1. The summed E-state index contributed by atoms with van der Waals surface area (Å²) in [5.74, 6) is 1.74. The zero-order valence-corrected chi connectivity index (χ0v) is 20.1. The van der Waals surface area contributed by atoms with E-state index in [2.05, 4.69) is 47.5 Å². The molecule has 1 N–H and O–H groups in total. The van der Waals surface area contributed by atoms with Gasteiger partial charge in [0.05, 0.1) is 7.11 Å². The highest BCUT2D eigenvalue weighted by Gasteiger charge is 2.42. The molecule has 2 aliphatic rings. The summed E-state index contributed by atoms with van der Waals surface area (Å²) in [6, 6.07) is 16.4. The van der Waals surface area contributed by atoms with Crippen LogP contribution in [0.4, 0.5) is 0 Å². The third-order valence-corrected chi connectivity index (χ3v) is 7.16. The standard InChI is InChI=1S/C28H38N2O3/c1-22-12-17-30(18-13-22)16-7-15-29-27(31)28(14-6-19-33-28)21-23-8-5-9-24(20-23)25-10-3-4-11-26(25)32-2/h3-5,8-11,20,22H,6-7,12-19,21H2,1-2H3,(H,29,31)/t28-/m1/s1. The van der Waals surface area contributed by atoms with Gasteiger partial charge < -0.3 is 19.7 Å². The van der Waals surface area contributed by atoms with Crippen LogP contribution in [0.2, 0.25) is 0 Å². The molecule has 2 saturated heterocycles. The molecule has 2 aliphatic heterocycles. The van der Waals surface area contributed by atoms with Crippen molar-refractivity contribution >= 4 is 5.91 Å². The van der Waals surface area contributed by atoms with E-state index in [0.29, 0.717) is 19.6 Å². The van der Waals surface area contributed by atoms with Crippen molar-refractivity contribution in [1.82, 2.24) is 10.2 Å². The first-order chi connectivity index (χ1) is 16.1. The van der Waals surface area contributed by atoms with Gasteiger partial charge in [-0.25, -0.2) is 0 Å². The summed E-state index contributed by atoms with van der Waals surface area (Å²) in [6.45, 7) is 7.12. The molecular weight excluding hydrogens is 412 g/mol. The molecule has 2 aromatic carbocycles. The number of nitrogens with one attached hydrogen (secondary N) is 1. The van der Waals surface area contributed by atoms with Crippen LogP contribution in [0.3, 0.4) is 0 Å². The second-order valence-electron chi connectivity index (χ2n) is 9.66. The molecule has 2 fully saturated rings. The van der Waals surface area contributed by atoms with Crippen LogP contribution in [0.1, 0.15) is 44.6 Å². The number of amides is 1. The number of carbonyl (C=O) groups is 1. The molecule has 0 radical (unpaired) electrons. The van der Waals surface area contributed by atoms with Crippen LogP contribution < -0.4 is 10.1 Å². The molecule has 0 saturated carbocycles. The van der Waals surface area contributed by atoms with Crippen molar-refractivity contribution < 1.29 is 14.3 Å². The van der Waals surface area contributed by atoms with Gasteiger partial charge in [0, 0.05) is 25.1 Å². The lowest BCUT2D eigenvalue weighted by molar-refractivity contribution is -0.141. The average Bonchev–Trinajstić information content (AvgIpc) is 3.32. The Bertz CT molecular complexity index is 915. The fourth-order valence-electron chi connectivity index (χ4n) is 5.11. The molecule has 2 aromatic rings. The molecule has 5 nitrogen and oxygen atoms in total. The monoisotopic (exact) mass is 450 g/mol. The molecule has 0 spiro atoms. The van der Waals surface area contributed by atoms with Crippen LogP contribution in [0.15, 0.2) is 48.5 Å². The Balaban J connectivity index is 1.37. The van der Waals surface area contributed by atoms with E-state index in [1.54, 1.807) is 7.11 Å². The van der Waals surface area contributed by atoms with Crippen molar-refractivity contribution in [3.63, 3.8) is 0 Å². The fraction of sp³-hybridized carbons (Fsp3) is 0.536. The summed E-state index contributed by atoms with van der Waals surface area (Å²) >= 11 is 0. The molecule has 2 heterocycles. The van der Waals surface area contributed by atoms with Crippen LogP contribution in [-0.2, 0) is 16.0 Å². The number of hydrogen-bond donors (Lipinski definition) is 1. The van der Waals surface area contributed by atoms with Gasteiger partial charge in [0.1, 0.15) is 5.75 Å². The van der Waals surface area contributed by atoms with Gasteiger partial charge in [-0.2, -0.15) is 0 Å². The summed E-state index contributed by atoms with van der Waals surface area (Å²) < 4.78 is 11.7. The molecule has 0 aliphatic carbocycles. The Hall–Kier alpha value is -2.37. The number of para-hydroxylation sites is 1. The molecule has 0 bridgehead atoms. The number of rotatable bonds is 9. The van der Waals surface area contributed by atoms with Crippen molar-refractivity contribution in [2.24, 2.45) is 5.92 Å². The van der Waals surface area contributed by atoms with Gasteiger partial charge in [-0.05, 0) is 74.8 Å². The van der Waals surface area contributed by atoms with Crippen molar-refractivity contribution in [2.75, 3.05) is 39.9 Å². The van der Waals surface area contributed by atoms with Crippen molar-refractivity contribution in [3.05, 3.63) is 54.1 Å². The highest BCUT2D eigenvalue weighted by atomic mass is 16.5. The number of piperidine rings is 1. The van der Waals surface area contributed by atoms with Gasteiger partial charge in [0.15, 0.2) is 5.60 Å². The topological polar surface area (TPSA) is 50.8 Å². The van der Waals surface area contributed by atoms with Crippen LogP contribution in [0.5, 0.6) is 5.75 Å². The van der Waals surface area contributed by atoms with Crippen LogP contribution >= 0.6 is 0 Å². The zero-order valence-electron chi connectivity index (χ0n) is 20.1. The minimum absolute atomic E-state index is 0.0370. The number of ether oxygens (including phenoxy) is 2. The van der Waals surface area contributed by atoms with Crippen molar-refractivity contribution in [2.45, 2.75) is 51.0 Å². The van der Waals surface area contributed by atoms with Gasteiger partial charge in [0.2, 0.25) is 0 Å². The Morgan fingerprint density at radius 3 is 2.76 bits per heavy atom. The second kappa shape index (κ2) is 11.2. The van der Waals surface area contributed by atoms with Crippen molar-refractivity contribution in [1.29, 1.82) is 0 Å². The largest absolute Gasteiger partial charge is 0.496 e. The average molecular weight is 451 g/mol. The second-order valence-corrected chi connectivity index (χ2v) is 9.66. The molecule has 178 valence electrons. The minimum atomic E-state index is -0.764. The summed E-state index contributed by atoms with van der Waals surface area (Å²) in [7, 11) is 1.69. The number of carbonyl (C=O) groups excluding carboxylic acids is 1. The number of methoxy groups -OCH3 is 1. The maximum Gasteiger partial charge on any atom is 0.252 e. The Kier molecular flexibility index (Phi) is 8.05. The maximum atomic E-state index is 13.3. The summed E-state index contributed by atoms with van der Waals surface area (Å²) in [6.07, 6.45) is 5.84. The third-order valence-electron chi connectivity index (χ3n) is 7.16. The number of likely N-dealkylation sites (tertiary alicyclic amines) is 1. The molecule has 33 heavy (non-hydrogen) atoms. The van der Waals surface area contributed by atoms with Crippen LogP contribution in [-0.4, -0.2) is 56.3 Å².